The number of hydrogen-bond donors (Lipinski definition) is 0. The summed E-state index contributed by atoms with van der Waals surface area (Å²) in [5.74, 6) is -0.406. The fourth-order valence-corrected chi connectivity index (χ4v) is 1.58. The van der Waals surface area contributed by atoms with Gasteiger partial charge in [0.1, 0.15) is 5.75 Å². The summed E-state index contributed by atoms with van der Waals surface area (Å²) in [6.07, 6.45) is 1.65. The third-order valence-electron chi connectivity index (χ3n) is 2.69. The van der Waals surface area contributed by atoms with Crippen LogP contribution in [0.3, 0.4) is 0 Å². The molecule has 0 unspecified atom stereocenters. The summed E-state index contributed by atoms with van der Waals surface area (Å²) in [5, 5.41) is 0. The van der Waals surface area contributed by atoms with E-state index in [4.69, 9.17) is 4.74 Å². The number of Topliss-reactive ketones (excluding diaryl/α,β-unsaturated/α-hetero) is 1. The first kappa shape index (κ1) is 13.2. The van der Waals surface area contributed by atoms with Gasteiger partial charge in [0.15, 0.2) is 11.6 Å². The molecule has 0 N–H and O–H groups in total. The first-order valence-electron chi connectivity index (χ1n) is 6.03. The zero-order chi connectivity index (χ0) is 13.8. The highest BCUT2D eigenvalue weighted by molar-refractivity contribution is 5.95. The number of ketones is 1. The molecule has 0 aliphatic rings. The Morgan fingerprint density at radius 2 is 2.00 bits per heavy atom. The Hall–Kier alpha value is -2.23. The van der Waals surface area contributed by atoms with E-state index in [-0.39, 0.29) is 17.2 Å². The summed E-state index contributed by atoms with van der Waals surface area (Å²) in [4.78, 5) is 15.3. The van der Waals surface area contributed by atoms with Gasteiger partial charge in [0, 0.05) is 18.2 Å². The predicted octanol–water partition coefficient (Wildman–Crippen LogP) is 3.91. The molecule has 0 aliphatic heterocycles. The number of nitrogens with zero attached hydrogens (tertiary/aromatic N) is 1. The zero-order valence-electron chi connectivity index (χ0n) is 10.8. The van der Waals surface area contributed by atoms with Crippen LogP contribution in [0.2, 0.25) is 0 Å². The van der Waals surface area contributed by atoms with Gasteiger partial charge in [-0.3, -0.25) is 4.79 Å². The van der Waals surface area contributed by atoms with Crippen molar-refractivity contribution < 1.29 is 13.9 Å². The van der Waals surface area contributed by atoms with E-state index >= 15 is 0 Å². The van der Waals surface area contributed by atoms with Gasteiger partial charge in [-0.25, -0.2) is 9.37 Å². The number of hydrogen-bond acceptors (Lipinski definition) is 3. The van der Waals surface area contributed by atoms with Crippen LogP contribution < -0.4 is 4.74 Å². The van der Waals surface area contributed by atoms with Crippen molar-refractivity contribution in [3.63, 3.8) is 0 Å². The van der Waals surface area contributed by atoms with Gasteiger partial charge >= 0.3 is 0 Å². The van der Waals surface area contributed by atoms with Crippen molar-refractivity contribution in [1.82, 2.24) is 4.98 Å². The Kier molecular flexibility index (Phi) is 3.90. The molecule has 2 aromatic rings. The minimum atomic E-state index is -0.639. The maximum atomic E-state index is 13.8. The van der Waals surface area contributed by atoms with E-state index in [1.54, 1.807) is 19.1 Å². The van der Waals surface area contributed by atoms with Crippen molar-refractivity contribution >= 4 is 5.78 Å². The van der Waals surface area contributed by atoms with Crippen LogP contribution >= 0.6 is 0 Å². The standard InChI is InChI=1S/C15H14FNO2/c1-3-14(18)11-8-13(16)15(17-9-11)19-12-6-4-10(2)5-7-12/h4-9H,3H2,1-2H3. The van der Waals surface area contributed by atoms with Crippen LogP contribution in [-0.4, -0.2) is 10.8 Å². The SMILES string of the molecule is CCC(=O)c1cnc(Oc2ccc(C)cc2)c(F)c1. The average Bonchev–Trinajstić information content (AvgIpc) is 2.42. The summed E-state index contributed by atoms with van der Waals surface area (Å²) in [6.45, 7) is 3.67. The number of aromatic nitrogens is 1. The molecule has 0 saturated carbocycles. The van der Waals surface area contributed by atoms with E-state index in [2.05, 4.69) is 4.98 Å². The molecular formula is C15H14FNO2. The van der Waals surface area contributed by atoms with Gasteiger partial charge < -0.3 is 4.74 Å². The van der Waals surface area contributed by atoms with E-state index < -0.39 is 5.82 Å². The van der Waals surface area contributed by atoms with Gasteiger partial charge in [0.05, 0.1) is 0 Å². The Morgan fingerprint density at radius 1 is 1.32 bits per heavy atom. The normalized spacial score (nSPS) is 10.3. The summed E-state index contributed by atoms with van der Waals surface area (Å²) in [7, 11) is 0. The second-order valence-corrected chi connectivity index (χ2v) is 4.20. The number of aryl methyl sites for hydroxylation is 1. The summed E-state index contributed by atoms with van der Waals surface area (Å²) < 4.78 is 19.1. The van der Waals surface area contributed by atoms with Crippen molar-refractivity contribution in [1.29, 1.82) is 0 Å². The van der Waals surface area contributed by atoms with Crippen molar-refractivity contribution in [3.05, 3.63) is 53.5 Å². The van der Waals surface area contributed by atoms with E-state index in [0.717, 1.165) is 11.6 Å². The van der Waals surface area contributed by atoms with E-state index in [1.165, 1.54) is 6.20 Å². The first-order chi connectivity index (χ1) is 9.10. The molecule has 98 valence electrons. The third kappa shape index (κ3) is 3.16. The molecule has 3 nitrogen and oxygen atoms in total. The molecule has 1 aromatic carbocycles. The highest BCUT2D eigenvalue weighted by atomic mass is 19.1. The molecule has 4 heteroatoms. The van der Waals surface area contributed by atoms with Gasteiger partial charge in [-0.15, -0.1) is 0 Å². The van der Waals surface area contributed by atoms with Gasteiger partial charge in [-0.05, 0) is 25.1 Å². The third-order valence-corrected chi connectivity index (χ3v) is 2.69. The van der Waals surface area contributed by atoms with E-state index in [0.29, 0.717) is 12.2 Å². The fraction of sp³-hybridized carbons (Fsp3) is 0.200. The largest absolute Gasteiger partial charge is 0.436 e. The van der Waals surface area contributed by atoms with Gasteiger partial charge in [0.2, 0.25) is 0 Å². The van der Waals surface area contributed by atoms with Crippen molar-refractivity contribution in [2.45, 2.75) is 20.3 Å². The molecule has 0 bridgehead atoms. The maximum Gasteiger partial charge on any atom is 0.255 e. The fourth-order valence-electron chi connectivity index (χ4n) is 1.58. The molecule has 2 rings (SSSR count). The number of carbonyl (C=O) groups excluding carboxylic acids is 1. The van der Waals surface area contributed by atoms with E-state index in [1.807, 2.05) is 19.1 Å². The number of carbonyl (C=O) groups is 1. The molecule has 1 heterocycles. The zero-order valence-corrected chi connectivity index (χ0v) is 10.8. The quantitative estimate of drug-likeness (QED) is 0.781. The van der Waals surface area contributed by atoms with Crippen LogP contribution in [0.1, 0.15) is 29.3 Å². The van der Waals surface area contributed by atoms with Gasteiger partial charge in [-0.2, -0.15) is 0 Å². The van der Waals surface area contributed by atoms with Crippen LogP contribution in [0.4, 0.5) is 4.39 Å². The molecule has 0 saturated heterocycles. The lowest BCUT2D eigenvalue weighted by Gasteiger charge is -2.06. The molecule has 0 aliphatic carbocycles. The molecule has 1 aromatic heterocycles. The van der Waals surface area contributed by atoms with Gasteiger partial charge in [-0.1, -0.05) is 24.6 Å². The minimum Gasteiger partial charge on any atom is -0.436 e. The topological polar surface area (TPSA) is 39.2 Å². The molecule has 0 spiro atoms. The molecule has 0 radical (unpaired) electrons. The van der Waals surface area contributed by atoms with Crippen LogP contribution in [0, 0.1) is 12.7 Å². The lowest BCUT2D eigenvalue weighted by molar-refractivity contribution is 0.0987. The van der Waals surface area contributed by atoms with Crippen molar-refractivity contribution in [2.24, 2.45) is 0 Å². The highest BCUT2D eigenvalue weighted by Gasteiger charge is 2.11. The number of rotatable bonds is 4. The van der Waals surface area contributed by atoms with Crippen molar-refractivity contribution in [3.8, 4) is 11.6 Å². The molecule has 0 fully saturated rings. The molecular weight excluding hydrogens is 245 g/mol. The average molecular weight is 259 g/mol. The molecule has 0 amide bonds. The van der Waals surface area contributed by atoms with Gasteiger partial charge in [0.25, 0.3) is 5.88 Å². The van der Waals surface area contributed by atoms with Crippen LogP contribution in [-0.2, 0) is 0 Å². The Morgan fingerprint density at radius 3 is 2.58 bits per heavy atom. The lowest BCUT2D eigenvalue weighted by Crippen LogP contribution is -2.00. The summed E-state index contributed by atoms with van der Waals surface area (Å²) in [6, 6.07) is 8.36. The highest BCUT2D eigenvalue weighted by Crippen LogP contribution is 2.23. The first-order valence-corrected chi connectivity index (χ1v) is 6.03. The Balaban J connectivity index is 2.22. The second-order valence-electron chi connectivity index (χ2n) is 4.20. The smallest absolute Gasteiger partial charge is 0.255 e. The van der Waals surface area contributed by atoms with Crippen LogP contribution in [0.5, 0.6) is 11.6 Å². The minimum absolute atomic E-state index is 0.128. The number of halogens is 1. The van der Waals surface area contributed by atoms with Crippen LogP contribution in [0.15, 0.2) is 36.5 Å². The summed E-state index contributed by atoms with van der Waals surface area (Å²) in [5.41, 5.74) is 1.35. The van der Waals surface area contributed by atoms with Crippen molar-refractivity contribution in [2.75, 3.05) is 0 Å². The Labute approximate surface area is 111 Å². The van der Waals surface area contributed by atoms with Crippen LogP contribution in [0.25, 0.3) is 0 Å². The molecule has 0 atom stereocenters. The number of pyridine rings is 1. The predicted molar refractivity (Wildman–Crippen MR) is 70.1 cm³/mol. The number of benzene rings is 1. The second kappa shape index (κ2) is 5.61. The molecule has 19 heavy (non-hydrogen) atoms. The lowest BCUT2D eigenvalue weighted by atomic mass is 10.1. The monoisotopic (exact) mass is 259 g/mol. The number of ether oxygens (including phenoxy) is 1. The summed E-state index contributed by atoms with van der Waals surface area (Å²) >= 11 is 0. The van der Waals surface area contributed by atoms with E-state index in [9.17, 15) is 9.18 Å². The maximum absolute atomic E-state index is 13.8. The Bertz CT molecular complexity index is 594.